The first-order valence-corrected chi connectivity index (χ1v) is 7.23. The van der Waals surface area contributed by atoms with Crippen LogP contribution in [0.25, 0.3) is 22.3 Å². The number of fused-ring (bicyclic) bond motifs is 1. The summed E-state index contributed by atoms with van der Waals surface area (Å²) in [4.78, 5) is 11.0. The molecule has 4 rings (SSSR count). The van der Waals surface area contributed by atoms with Crippen molar-refractivity contribution in [3.63, 3.8) is 0 Å². The van der Waals surface area contributed by atoms with E-state index in [4.69, 9.17) is 9.63 Å². The number of rotatable bonds is 3. The van der Waals surface area contributed by atoms with E-state index in [1.165, 1.54) is 17.1 Å². The van der Waals surface area contributed by atoms with Gasteiger partial charge in [-0.05, 0) is 26.0 Å². The van der Waals surface area contributed by atoms with Gasteiger partial charge in [0.2, 0.25) is 0 Å². The normalized spacial score (nSPS) is 11.2. The smallest absolute Gasteiger partial charge is 0.338 e. The summed E-state index contributed by atoms with van der Waals surface area (Å²) in [6.07, 6.45) is 6.35. The molecule has 4 aromatic rings. The third-order valence-corrected chi connectivity index (χ3v) is 3.90. The van der Waals surface area contributed by atoms with Crippen molar-refractivity contribution < 1.29 is 14.4 Å². The van der Waals surface area contributed by atoms with Crippen molar-refractivity contribution in [3.8, 4) is 16.8 Å². The van der Waals surface area contributed by atoms with Gasteiger partial charge in [-0.3, -0.25) is 0 Å². The van der Waals surface area contributed by atoms with E-state index in [1.54, 1.807) is 16.9 Å². The molecule has 4 heterocycles. The third-order valence-electron chi connectivity index (χ3n) is 3.90. The monoisotopic (exact) mass is 323 g/mol. The maximum Gasteiger partial charge on any atom is 0.338 e. The molecule has 0 radical (unpaired) electrons. The number of carbonyl (C=O) groups is 1. The van der Waals surface area contributed by atoms with Gasteiger partial charge >= 0.3 is 5.97 Å². The van der Waals surface area contributed by atoms with Gasteiger partial charge in [-0.15, -0.1) is 0 Å². The lowest BCUT2D eigenvalue weighted by Gasteiger charge is -2.03. The van der Waals surface area contributed by atoms with Crippen LogP contribution < -0.4 is 0 Å². The highest BCUT2D eigenvalue weighted by Gasteiger charge is 2.17. The molecule has 0 saturated carbocycles. The topological polar surface area (TPSA) is 98.5 Å². The van der Waals surface area contributed by atoms with Crippen LogP contribution in [0.2, 0.25) is 0 Å². The predicted molar refractivity (Wildman–Crippen MR) is 84.2 cm³/mol. The quantitative estimate of drug-likeness (QED) is 0.622. The summed E-state index contributed by atoms with van der Waals surface area (Å²) in [5, 5.41) is 21.5. The van der Waals surface area contributed by atoms with Crippen molar-refractivity contribution in [1.29, 1.82) is 0 Å². The first-order valence-electron chi connectivity index (χ1n) is 7.23. The van der Waals surface area contributed by atoms with Crippen LogP contribution in [0.5, 0.6) is 0 Å². The van der Waals surface area contributed by atoms with Crippen LogP contribution in [0.15, 0.2) is 41.4 Å². The first-order chi connectivity index (χ1) is 11.5. The fraction of sp³-hybridized carbons (Fsp3) is 0.125. The van der Waals surface area contributed by atoms with E-state index in [0.717, 1.165) is 33.8 Å². The summed E-state index contributed by atoms with van der Waals surface area (Å²) in [7, 11) is 0. The Morgan fingerprint density at radius 1 is 1.25 bits per heavy atom. The number of hydrogen-bond donors (Lipinski definition) is 1. The van der Waals surface area contributed by atoms with Gasteiger partial charge in [-0.25, -0.2) is 14.0 Å². The van der Waals surface area contributed by atoms with Crippen LogP contribution in [0, 0.1) is 13.8 Å². The van der Waals surface area contributed by atoms with Gasteiger partial charge in [0.25, 0.3) is 0 Å². The van der Waals surface area contributed by atoms with Crippen molar-refractivity contribution >= 4 is 11.5 Å². The Balaban J connectivity index is 1.88. The molecule has 4 aromatic heterocycles. The van der Waals surface area contributed by atoms with Gasteiger partial charge in [-0.2, -0.15) is 10.2 Å². The Kier molecular flexibility index (Phi) is 2.99. The number of aryl methyl sites for hydroxylation is 2. The molecule has 0 aliphatic rings. The maximum atomic E-state index is 11.0. The molecule has 8 heteroatoms. The molecule has 0 saturated heterocycles. The second-order valence-corrected chi connectivity index (χ2v) is 5.45. The van der Waals surface area contributed by atoms with E-state index in [1.807, 2.05) is 26.0 Å². The van der Waals surface area contributed by atoms with Crippen LogP contribution in [0.4, 0.5) is 0 Å². The molecule has 0 aliphatic heterocycles. The lowest BCUT2D eigenvalue weighted by atomic mass is 10.1. The molecule has 0 bridgehead atoms. The molecule has 24 heavy (non-hydrogen) atoms. The largest absolute Gasteiger partial charge is 0.478 e. The summed E-state index contributed by atoms with van der Waals surface area (Å²) in [6.45, 7) is 3.74. The van der Waals surface area contributed by atoms with E-state index in [2.05, 4.69) is 15.4 Å². The average molecular weight is 323 g/mol. The highest BCUT2D eigenvalue weighted by Crippen LogP contribution is 2.31. The molecule has 1 N–H and O–H groups in total. The van der Waals surface area contributed by atoms with E-state index in [-0.39, 0.29) is 5.56 Å². The molecule has 0 fully saturated rings. The number of pyridine rings is 1. The van der Waals surface area contributed by atoms with Crippen LogP contribution in [-0.4, -0.2) is 35.6 Å². The lowest BCUT2D eigenvalue weighted by Crippen LogP contribution is -1.97. The van der Waals surface area contributed by atoms with Crippen LogP contribution >= 0.6 is 0 Å². The second kappa shape index (κ2) is 5.05. The minimum Gasteiger partial charge on any atom is -0.478 e. The molecule has 0 amide bonds. The van der Waals surface area contributed by atoms with Gasteiger partial charge in [0.05, 0.1) is 40.4 Å². The third kappa shape index (κ3) is 2.08. The molecule has 120 valence electrons. The number of aromatic carboxylic acids is 1. The molecular formula is C16H13N5O3. The molecule has 0 atom stereocenters. The van der Waals surface area contributed by atoms with Crippen molar-refractivity contribution in [2.24, 2.45) is 0 Å². The van der Waals surface area contributed by atoms with Gasteiger partial charge in [0, 0.05) is 18.0 Å². The highest BCUT2D eigenvalue weighted by molar-refractivity contribution is 5.87. The van der Waals surface area contributed by atoms with Crippen molar-refractivity contribution in [3.05, 3.63) is 53.9 Å². The Labute approximate surface area is 135 Å². The molecular weight excluding hydrogens is 310 g/mol. The highest BCUT2D eigenvalue weighted by atomic mass is 16.5. The molecule has 0 spiro atoms. The van der Waals surface area contributed by atoms with Crippen molar-refractivity contribution in [2.45, 2.75) is 13.8 Å². The fourth-order valence-electron chi connectivity index (χ4n) is 2.75. The summed E-state index contributed by atoms with van der Waals surface area (Å²) in [6, 6.07) is 3.71. The zero-order valence-electron chi connectivity index (χ0n) is 13.0. The van der Waals surface area contributed by atoms with E-state index in [9.17, 15) is 4.79 Å². The number of aromatic nitrogens is 5. The van der Waals surface area contributed by atoms with Gasteiger partial charge < -0.3 is 9.63 Å². The predicted octanol–water partition coefficient (Wildman–Crippen LogP) is 2.49. The molecule has 0 unspecified atom stereocenters. The Bertz CT molecular complexity index is 1050. The minimum absolute atomic E-state index is 0.134. The van der Waals surface area contributed by atoms with Crippen LogP contribution in [0.3, 0.4) is 0 Å². The summed E-state index contributed by atoms with van der Waals surface area (Å²) in [5.41, 5.74) is 4.33. The maximum absolute atomic E-state index is 11.0. The fourth-order valence-corrected chi connectivity index (χ4v) is 2.75. The minimum atomic E-state index is -1.01. The number of carboxylic acid groups (broad SMARTS) is 1. The second-order valence-electron chi connectivity index (χ2n) is 5.45. The SMILES string of the molecule is Cc1noc(C)c1-c1cnn2ccc(-n3cc(C(=O)O)cn3)cc12. The van der Waals surface area contributed by atoms with Gasteiger partial charge in [-0.1, -0.05) is 5.16 Å². The van der Waals surface area contributed by atoms with Gasteiger partial charge in [0.1, 0.15) is 5.76 Å². The average Bonchev–Trinajstić information content (AvgIpc) is 3.26. The summed E-state index contributed by atoms with van der Waals surface area (Å²) >= 11 is 0. The molecule has 8 nitrogen and oxygen atoms in total. The zero-order valence-corrected chi connectivity index (χ0v) is 13.0. The lowest BCUT2D eigenvalue weighted by molar-refractivity contribution is 0.0697. The Hall–Kier alpha value is -3.42. The Morgan fingerprint density at radius 3 is 2.75 bits per heavy atom. The van der Waals surface area contributed by atoms with E-state index < -0.39 is 5.97 Å². The zero-order chi connectivity index (χ0) is 16.8. The summed E-state index contributed by atoms with van der Waals surface area (Å²) < 4.78 is 8.51. The van der Waals surface area contributed by atoms with Crippen molar-refractivity contribution in [1.82, 2.24) is 24.6 Å². The van der Waals surface area contributed by atoms with Crippen molar-refractivity contribution in [2.75, 3.05) is 0 Å². The number of nitrogens with zero attached hydrogens (tertiary/aromatic N) is 5. The molecule has 0 aromatic carbocycles. The standard InChI is InChI=1S/C16H13N5O3/c1-9-15(10(2)24-19-9)13-7-18-20-4-3-12(5-14(13)20)21-8-11(6-17-21)16(22)23/h3-8H,1-2H3,(H,22,23). The number of carboxylic acids is 1. The molecule has 0 aliphatic carbocycles. The van der Waals surface area contributed by atoms with E-state index in [0.29, 0.717) is 0 Å². The number of hydrogen-bond acceptors (Lipinski definition) is 5. The first kappa shape index (κ1) is 14.2. The van der Waals surface area contributed by atoms with Gasteiger partial charge in [0.15, 0.2) is 0 Å². The summed E-state index contributed by atoms with van der Waals surface area (Å²) in [5.74, 6) is -0.289. The van der Waals surface area contributed by atoms with Crippen LogP contribution in [0.1, 0.15) is 21.8 Å². The Morgan fingerprint density at radius 2 is 2.08 bits per heavy atom. The van der Waals surface area contributed by atoms with Crippen LogP contribution in [-0.2, 0) is 0 Å². The van der Waals surface area contributed by atoms with E-state index >= 15 is 0 Å².